The van der Waals surface area contributed by atoms with E-state index in [9.17, 15) is 0 Å². The zero-order chi connectivity index (χ0) is 13.4. The lowest BCUT2D eigenvalue weighted by molar-refractivity contribution is 0.131. The summed E-state index contributed by atoms with van der Waals surface area (Å²) in [6.07, 6.45) is 5.18. The van der Waals surface area contributed by atoms with Gasteiger partial charge in [0.1, 0.15) is 0 Å². The standard InChI is InChI=1S/C15H33N3/c1-5-14(6-2)16-10-13-17(4)15-8-11-18(7-3)12-9-15/h14-16H,5-13H2,1-4H3. The van der Waals surface area contributed by atoms with Gasteiger partial charge in [0.15, 0.2) is 0 Å². The topological polar surface area (TPSA) is 18.5 Å². The molecule has 1 rings (SSSR count). The molecule has 108 valence electrons. The molecule has 0 amide bonds. The van der Waals surface area contributed by atoms with Crippen molar-refractivity contribution in [1.82, 2.24) is 15.1 Å². The van der Waals surface area contributed by atoms with Crippen molar-refractivity contribution in [1.29, 1.82) is 0 Å². The molecule has 1 aliphatic rings. The van der Waals surface area contributed by atoms with E-state index in [1.54, 1.807) is 0 Å². The summed E-state index contributed by atoms with van der Waals surface area (Å²) in [5.74, 6) is 0. The second kappa shape index (κ2) is 8.89. The van der Waals surface area contributed by atoms with Gasteiger partial charge in [-0.25, -0.2) is 0 Å². The molecule has 0 aliphatic carbocycles. The Balaban J connectivity index is 2.15. The summed E-state index contributed by atoms with van der Waals surface area (Å²) in [6.45, 7) is 12.9. The van der Waals surface area contributed by atoms with Crippen molar-refractivity contribution < 1.29 is 0 Å². The molecule has 1 aliphatic heterocycles. The highest BCUT2D eigenvalue weighted by atomic mass is 15.2. The van der Waals surface area contributed by atoms with Crippen molar-refractivity contribution >= 4 is 0 Å². The molecule has 0 aromatic carbocycles. The second-order valence-electron chi connectivity index (χ2n) is 5.61. The molecular formula is C15H33N3. The Morgan fingerprint density at radius 2 is 1.78 bits per heavy atom. The fraction of sp³-hybridized carbons (Fsp3) is 1.00. The monoisotopic (exact) mass is 255 g/mol. The van der Waals surface area contributed by atoms with Gasteiger partial charge in [-0.2, -0.15) is 0 Å². The van der Waals surface area contributed by atoms with Crippen molar-refractivity contribution in [3.8, 4) is 0 Å². The number of likely N-dealkylation sites (N-methyl/N-ethyl adjacent to an activating group) is 1. The first kappa shape index (κ1) is 15.9. The number of likely N-dealkylation sites (tertiary alicyclic amines) is 1. The highest BCUT2D eigenvalue weighted by Crippen LogP contribution is 2.14. The first-order valence-corrected chi connectivity index (χ1v) is 7.87. The highest BCUT2D eigenvalue weighted by Gasteiger charge is 2.21. The summed E-state index contributed by atoms with van der Waals surface area (Å²) in [7, 11) is 2.29. The van der Waals surface area contributed by atoms with Gasteiger partial charge in [0.2, 0.25) is 0 Å². The fourth-order valence-corrected chi connectivity index (χ4v) is 2.88. The van der Waals surface area contributed by atoms with Crippen molar-refractivity contribution in [3.63, 3.8) is 0 Å². The zero-order valence-corrected chi connectivity index (χ0v) is 12.9. The second-order valence-corrected chi connectivity index (χ2v) is 5.61. The summed E-state index contributed by atoms with van der Waals surface area (Å²) in [4.78, 5) is 5.12. The Labute approximate surface area is 114 Å². The molecule has 18 heavy (non-hydrogen) atoms. The van der Waals surface area contributed by atoms with Crippen molar-refractivity contribution in [2.24, 2.45) is 0 Å². The van der Waals surface area contributed by atoms with Crippen LogP contribution in [-0.4, -0.2) is 61.7 Å². The number of hydrogen-bond acceptors (Lipinski definition) is 3. The summed E-state index contributed by atoms with van der Waals surface area (Å²) in [6, 6.07) is 1.51. The van der Waals surface area contributed by atoms with Crippen LogP contribution < -0.4 is 5.32 Å². The van der Waals surface area contributed by atoms with Gasteiger partial charge in [-0.1, -0.05) is 20.8 Å². The Bertz CT molecular complexity index is 196. The Morgan fingerprint density at radius 1 is 1.17 bits per heavy atom. The predicted molar refractivity (Wildman–Crippen MR) is 80.1 cm³/mol. The molecule has 0 saturated carbocycles. The average Bonchev–Trinajstić information content (AvgIpc) is 2.43. The predicted octanol–water partition coefficient (Wildman–Crippen LogP) is 2.18. The van der Waals surface area contributed by atoms with Crippen LogP contribution in [0.15, 0.2) is 0 Å². The van der Waals surface area contributed by atoms with Crippen molar-refractivity contribution in [2.45, 2.75) is 58.5 Å². The van der Waals surface area contributed by atoms with Crippen molar-refractivity contribution in [2.75, 3.05) is 39.8 Å². The first-order chi connectivity index (χ1) is 8.71. The summed E-state index contributed by atoms with van der Waals surface area (Å²) >= 11 is 0. The maximum Gasteiger partial charge on any atom is 0.0117 e. The Kier molecular flexibility index (Phi) is 7.87. The molecule has 3 nitrogen and oxygen atoms in total. The van der Waals surface area contributed by atoms with Gasteiger partial charge in [-0.15, -0.1) is 0 Å². The molecule has 1 N–H and O–H groups in total. The minimum Gasteiger partial charge on any atom is -0.313 e. The van der Waals surface area contributed by atoms with Gasteiger partial charge >= 0.3 is 0 Å². The van der Waals surface area contributed by atoms with Crippen LogP contribution in [0.5, 0.6) is 0 Å². The number of hydrogen-bond donors (Lipinski definition) is 1. The molecule has 1 saturated heterocycles. The molecule has 0 aromatic heterocycles. The zero-order valence-electron chi connectivity index (χ0n) is 12.9. The van der Waals surface area contributed by atoms with Gasteiger partial charge in [0.25, 0.3) is 0 Å². The van der Waals surface area contributed by atoms with E-state index in [1.165, 1.54) is 51.9 Å². The van der Waals surface area contributed by atoms with Gasteiger partial charge in [-0.3, -0.25) is 0 Å². The molecule has 1 heterocycles. The minimum absolute atomic E-state index is 0.709. The van der Waals surface area contributed by atoms with Gasteiger partial charge in [0, 0.05) is 25.2 Å². The number of nitrogens with zero attached hydrogens (tertiary/aromatic N) is 2. The van der Waals surface area contributed by atoms with E-state index in [0.29, 0.717) is 6.04 Å². The van der Waals surface area contributed by atoms with E-state index < -0.39 is 0 Å². The molecule has 0 bridgehead atoms. The SMILES string of the molecule is CCC(CC)NCCN(C)C1CCN(CC)CC1. The lowest BCUT2D eigenvalue weighted by Crippen LogP contribution is -2.45. The lowest BCUT2D eigenvalue weighted by atomic mass is 10.0. The van der Waals surface area contributed by atoms with Crippen LogP contribution in [0.1, 0.15) is 46.5 Å². The van der Waals surface area contributed by atoms with Crippen molar-refractivity contribution in [3.05, 3.63) is 0 Å². The molecule has 1 fully saturated rings. The highest BCUT2D eigenvalue weighted by molar-refractivity contribution is 4.78. The third-order valence-electron chi connectivity index (χ3n) is 4.51. The molecular weight excluding hydrogens is 222 g/mol. The van der Waals surface area contributed by atoms with E-state index in [4.69, 9.17) is 0 Å². The van der Waals surface area contributed by atoms with E-state index in [0.717, 1.165) is 12.6 Å². The number of nitrogens with one attached hydrogen (secondary N) is 1. The maximum atomic E-state index is 3.66. The third kappa shape index (κ3) is 5.25. The molecule has 0 radical (unpaired) electrons. The summed E-state index contributed by atoms with van der Waals surface area (Å²) < 4.78 is 0. The molecule has 0 aromatic rings. The summed E-state index contributed by atoms with van der Waals surface area (Å²) in [5.41, 5.74) is 0. The molecule has 3 heteroatoms. The van der Waals surface area contributed by atoms with Gasteiger partial charge in [-0.05, 0) is 52.4 Å². The van der Waals surface area contributed by atoms with Crippen LogP contribution in [0.25, 0.3) is 0 Å². The van der Waals surface area contributed by atoms with E-state index in [-0.39, 0.29) is 0 Å². The number of piperidine rings is 1. The number of rotatable bonds is 8. The van der Waals surface area contributed by atoms with E-state index >= 15 is 0 Å². The van der Waals surface area contributed by atoms with Crippen LogP contribution in [-0.2, 0) is 0 Å². The van der Waals surface area contributed by atoms with E-state index in [1.807, 2.05) is 0 Å². The summed E-state index contributed by atoms with van der Waals surface area (Å²) in [5, 5.41) is 3.66. The normalized spacial score (nSPS) is 19.0. The Morgan fingerprint density at radius 3 is 2.28 bits per heavy atom. The van der Waals surface area contributed by atoms with Gasteiger partial charge in [0.05, 0.1) is 0 Å². The van der Waals surface area contributed by atoms with Crippen LogP contribution in [0.3, 0.4) is 0 Å². The van der Waals surface area contributed by atoms with Crippen LogP contribution >= 0.6 is 0 Å². The van der Waals surface area contributed by atoms with Crippen LogP contribution in [0, 0.1) is 0 Å². The molecule has 0 atom stereocenters. The van der Waals surface area contributed by atoms with E-state index in [2.05, 4.69) is 42.9 Å². The quantitative estimate of drug-likeness (QED) is 0.717. The molecule has 0 unspecified atom stereocenters. The average molecular weight is 255 g/mol. The lowest BCUT2D eigenvalue weighted by Gasteiger charge is -2.36. The van der Waals surface area contributed by atoms with Crippen LogP contribution in [0.2, 0.25) is 0 Å². The molecule has 0 spiro atoms. The van der Waals surface area contributed by atoms with Crippen LogP contribution in [0.4, 0.5) is 0 Å². The fourth-order valence-electron chi connectivity index (χ4n) is 2.88. The smallest absolute Gasteiger partial charge is 0.0117 e. The Hall–Kier alpha value is -0.120. The maximum absolute atomic E-state index is 3.66. The third-order valence-corrected chi connectivity index (χ3v) is 4.51. The van der Waals surface area contributed by atoms with Gasteiger partial charge < -0.3 is 15.1 Å². The minimum atomic E-state index is 0.709. The largest absolute Gasteiger partial charge is 0.313 e. The first-order valence-electron chi connectivity index (χ1n) is 7.87.